The average Bonchev–Trinajstić information content (AvgIpc) is 2.61. The summed E-state index contributed by atoms with van der Waals surface area (Å²) in [5.74, 6) is 1.23. The molecule has 3 aromatic rings. The lowest BCUT2D eigenvalue weighted by Gasteiger charge is -2.10. The Labute approximate surface area is 135 Å². The molecule has 0 aromatic heterocycles. The summed E-state index contributed by atoms with van der Waals surface area (Å²) in [6, 6.07) is 23.8. The summed E-state index contributed by atoms with van der Waals surface area (Å²) in [6.07, 6.45) is 0. The quantitative estimate of drug-likeness (QED) is 0.639. The summed E-state index contributed by atoms with van der Waals surface area (Å²) in [5.41, 5.74) is 2.03. The molecule has 0 atom stereocenters. The Morgan fingerprint density at radius 3 is 1.78 bits per heavy atom. The molecule has 0 spiro atoms. The fourth-order valence-electron chi connectivity index (χ4n) is 2.14. The Morgan fingerprint density at radius 1 is 0.609 bits per heavy atom. The molecule has 0 radical (unpaired) electrons. The van der Waals surface area contributed by atoms with Gasteiger partial charge >= 0.3 is 0 Å². The summed E-state index contributed by atoms with van der Waals surface area (Å²) in [6.45, 7) is 0.907. The summed E-state index contributed by atoms with van der Waals surface area (Å²) in [5, 5.41) is 0. The normalized spacial score (nSPS) is 10.3. The third-order valence-electron chi connectivity index (χ3n) is 3.37. The van der Waals surface area contributed by atoms with E-state index in [2.05, 4.69) is 0 Å². The van der Waals surface area contributed by atoms with Crippen LogP contribution in [0, 0.1) is 5.82 Å². The van der Waals surface area contributed by atoms with Crippen molar-refractivity contribution in [3.05, 3.63) is 95.8 Å². The Bertz CT molecular complexity index is 739. The number of benzene rings is 3. The molecule has 0 saturated heterocycles. The van der Waals surface area contributed by atoms with E-state index in [9.17, 15) is 4.39 Å². The fourth-order valence-corrected chi connectivity index (χ4v) is 2.14. The van der Waals surface area contributed by atoms with Crippen LogP contribution in [0.1, 0.15) is 11.1 Å². The number of hydrogen-bond acceptors (Lipinski definition) is 2. The van der Waals surface area contributed by atoms with E-state index in [4.69, 9.17) is 9.47 Å². The van der Waals surface area contributed by atoms with Gasteiger partial charge in [-0.05, 0) is 35.4 Å². The van der Waals surface area contributed by atoms with Crippen LogP contribution in [-0.2, 0) is 13.2 Å². The van der Waals surface area contributed by atoms with Gasteiger partial charge in [0.15, 0.2) is 0 Å². The van der Waals surface area contributed by atoms with E-state index >= 15 is 0 Å². The van der Waals surface area contributed by atoms with Crippen LogP contribution in [0.5, 0.6) is 11.5 Å². The van der Waals surface area contributed by atoms with Crippen molar-refractivity contribution < 1.29 is 13.9 Å². The van der Waals surface area contributed by atoms with E-state index in [1.165, 1.54) is 12.1 Å². The van der Waals surface area contributed by atoms with Gasteiger partial charge in [-0.2, -0.15) is 0 Å². The van der Waals surface area contributed by atoms with Crippen molar-refractivity contribution >= 4 is 0 Å². The second kappa shape index (κ2) is 7.45. The van der Waals surface area contributed by atoms with Gasteiger partial charge in [0.2, 0.25) is 0 Å². The van der Waals surface area contributed by atoms with E-state index in [0.29, 0.717) is 13.2 Å². The molecule has 0 aliphatic heterocycles. The third kappa shape index (κ3) is 4.58. The summed E-state index contributed by atoms with van der Waals surface area (Å²) in [7, 11) is 0. The first-order chi connectivity index (χ1) is 11.3. The largest absolute Gasteiger partial charge is 0.489 e. The second-order valence-electron chi connectivity index (χ2n) is 5.16. The molecule has 0 bridgehead atoms. The standard InChI is InChI=1S/C20H17FO2/c21-18-11-9-17(10-12-18)15-23-20-8-4-7-19(13-20)22-14-16-5-2-1-3-6-16/h1-13H,14-15H2. The van der Waals surface area contributed by atoms with Gasteiger partial charge in [0.25, 0.3) is 0 Å². The van der Waals surface area contributed by atoms with Gasteiger partial charge in [-0.3, -0.25) is 0 Å². The smallest absolute Gasteiger partial charge is 0.123 e. The van der Waals surface area contributed by atoms with E-state index in [1.807, 2.05) is 54.6 Å². The maximum Gasteiger partial charge on any atom is 0.123 e. The van der Waals surface area contributed by atoms with Crippen molar-refractivity contribution in [2.24, 2.45) is 0 Å². The highest BCUT2D eigenvalue weighted by molar-refractivity contribution is 5.33. The number of hydrogen-bond donors (Lipinski definition) is 0. The minimum atomic E-state index is -0.245. The second-order valence-corrected chi connectivity index (χ2v) is 5.16. The van der Waals surface area contributed by atoms with Gasteiger partial charge in [0, 0.05) is 6.07 Å². The van der Waals surface area contributed by atoms with Crippen molar-refractivity contribution in [2.75, 3.05) is 0 Å². The van der Waals surface area contributed by atoms with Crippen LogP contribution in [0.2, 0.25) is 0 Å². The molecule has 0 saturated carbocycles. The Hall–Kier alpha value is -2.81. The number of rotatable bonds is 6. The molecule has 3 aromatic carbocycles. The maximum absolute atomic E-state index is 12.9. The minimum Gasteiger partial charge on any atom is -0.489 e. The first kappa shape index (κ1) is 15.1. The number of halogens is 1. The van der Waals surface area contributed by atoms with Gasteiger partial charge < -0.3 is 9.47 Å². The highest BCUT2D eigenvalue weighted by Crippen LogP contribution is 2.21. The van der Waals surface area contributed by atoms with Crippen LogP contribution in [0.4, 0.5) is 4.39 Å². The molecule has 0 aliphatic carbocycles. The Balaban J connectivity index is 1.57. The molecule has 0 heterocycles. The molecule has 0 unspecified atom stereocenters. The lowest BCUT2D eigenvalue weighted by Crippen LogP contribution is -1.97. The Morgan fingerprint density at radius 2 is 1.17 bits per heavy atom. The molecule has 116 valence electrons. The van der Waals surface area contributed by atoms with Crippen LogP contribution >= 0.6 is 0 Å². The molecule has 2 nitrogen and oxygen atoms in total. The highest BCUT2D eigenvalue weighted by atomic mass is 19.1. The van der Waals surface area contributed by atoms with E-state index in [0.717, 1.165) is 22.6 Å². The topological polar surface area (TPSA) is 18.5 Å². The summed E-state index contributed by atoms with van der Waals surface area (Å²) >= 11 is 0. The summed E-state index contributed by atoms with van der Waals surface area (Å²) in [4.78, 5) is 0. The van der Waals surface area contributed by atoms with E-state index in [-0.39, 0.29) is 5.82 Å². The zero-order valence-corrected chi connectivity index (χ0v) is 12.6. The van der Waals surface area contributed by atoms with Crippen LogP contribution in [0.25, 0.3) is 0 Å². The van der Waals surface area contributed by atoms with Crippen LogP contribution in [-0.4, -0.2) is 0 Å². The summed E-state index contributed by atoms with van der Waals surface area (Å²) < 4.78 is 24.4. The van der Waals surface area contributed by atoms with Crippen molar-refractivity contribution in [3.8, 4) is 11.5 Å². The van der Waals surface area contributed by atoms with Gasteiger partial charge in [0.05, 0.1) is 0 Å². The SMILES string of the molecule is Fc1ccc(COc2cccc(OCc3ccccc3)c2)cc1. The molecular weight excluding hydrogens is 291 g/mol. The van der Waals surface area contributed by atoms with Crippen molar-refractivity contribution in [2.45, 2.75) is 13.2 Å². The van der Waals surface area contributed by atoms with Gasteiger partial charge in [-0.1, -0.05) is 48.5 Å². The molecule has 0 amide bonds. The van der Waals surface area contributed by atoms with Crippen molar-refractivity contribution in [1.29, 1.82) is 0 Å². The zero-order valence-electron chi connectivity index (χ0n) is 12.6. The fraction of sp³-hybridized carbons (Fsp3) is 0.100. The van der Waals surface area contributed by atoms with Crippen LogP contribution < -0.4 is 9.47 Å². The van der Waals surface area contributed by atoms with E-state index in [1.54, 1.807) is 12.1 Å². The first-order valence-electron chi connectivity index (χ1n) is 7.44. The lowest BCUT2D eigenvalue weighted by molar-refractivity contribution is 0.290. The predicted molar refractivity (Wildman–Crippen MR) is 87.9 cm³/mol. The van der Waals surface area contributed by atoms with Crippen molar-refractivity contribution in [3.63, 3.8) is 0 Å². The molecule has 3 rings (SSSR count). The molecule has 0 fully saturated rings. The van der Waals surface area contributed by atoms with Crippen LogP contribution in [0.15, 0.2) is 78.9 Å². The van der Waals surface area contributed by atoms with Gasteiger partial charge in [0.1, 0.15) is 30.5 Å². The molecule has 0 N–H and O–H groups in total. The first-order valence-corrected chi connectivity index (χ1v) is 7.44. The van der Waals surface area contributed by atoms with Crippen molar-refractivity contribution in [1.82, 2.24) is 0 Å². The molecule has 3 heteroatoms. The number of ether oxygens (including phenoxy) is 2. The lowest BCUT2D eigenvalue weighted by atomic mass is 10.2. The van der Waals surface area contributed by atoms with E-state index < -0.39 is 0 Å². The third-order valence-corrected chi connectivity index (χ3v) is 3.37. The maximum atomic E-state index is 12.9. The monoisotopic (exact) mass is 308 g/mol. The van der Waals surface area contributed by atoms with Gasteiger partial charge in [-0.15, -0.1) is 0 Å². The Kier molecular flexibility index (Phi) is 4.89. The highest BCUT2D eigenvalue weighted by Gasteiger charge is 2.00. The molecular formula is C20H17FO2. The predicted octanol–water partition coefficient (Wildman–Crippen LogP) is 4.98. The van der Waals surface area contributed by atoms with Crippen LogP contribution in [0.3, 0.4) is 0 Å². The molecule has 0 aliphatic rings. The van der Waals surface area contributed by atoms with Gasteiger partial charge in [-0.25, -0.2) is 4.39 Å². The minimum absolute atomic E-state index is 0.245. The molecule has 23 heavy (non-hydrogen) atoms. The average molecular weight is 308 g/mol. The zero-order chi connectivity index (χ0) is 15.9.